The van der Waals surface area contributed by atoms with E-state index in [9.17, 15) is 23.1 Å². The Kier molecular flexibility index (Phi) is 11.1. The number of likely N-dealkylation sites (N-methyl/N-ethyl adjacent to an activating group) is 1. The van der Waals surface area contributed by atoms with Crippen LogP contribution in [0.25, 0.3) is 0 Å². The van der Waals surface area contributed by atoms with Gasteiger partial charge in [-0.3, -0.25) is 9.59 Å². The van der Waals surface area contributed by atoms with Crippen LogP contribution in [0.3, 0.4) is 0 Å². The van der Waals surface area contributed by atoms with Gasteiger partial charge in [0.25, 0.3) is 0 Å². The zero-order valence-electron chi connectivity index (χ0n) is 23.6. The van der Waals surface area contributed by atoms with E-state index >= 15 is 0 Å². The quantitative estimate of drug-likeness (QED) is 0.270. The molecule has 220 valence electrons. The molecule has 4 unspecified atom stereocenters. The maximum atomic E-state index is 14.4. The highest BCUT2D eigenvalue weighted by atomic mass is 35.5. The third-order valence-corrected chi connectivity index (χ3v) is 10.4. The van der Waals surface area contributed by atoms with Gasteiger partial charge >= 0.3 is 5.97 Å². The lowest BCUT2D eigenvalue weighted by molar-refractivity contribution is -0.160. The van der Waals surface area contributed by atoms with Crippen LogP contribution in [0.1, 0.15) is 82.9 Å². The fourth-order valence-electron chi connectivity index (χ4n) is 5.82. The number of likely N-dealkylation sites (tertiary alicyclic amines) is 1. The molecule has 1 aliphatic heterocycles. The first-order valence-electron chi connectivity index (χ1n) is 13.9. The minimum absolute atomic E-state index is 0.0458. The number of carboxylic acids is 1. The topological polar surface area (TPSA) is 95.0 Å². The summed E-state index contributed by atoms with van der Waals surface area (Å²) in [5, 5.41) is 10.9. The Morgan fingerprint density at radius 2 is 1.77 bits per heavy atom. The number of piperidine rings is 1. The van der Waals surface area contributed by atoms with E-state index in [0.717, 1.165) is 17.5 Å². The SMILES string of the molecule is CCCCS(=O)(=O)N(CC)CC(CC)N1C(=O)C(C)(CC(=O)O)CC(c2cccc(Cl)c2)C1c1ccc(Cl)cc1. The van der Waals surface area contributed by atoms with E-state index in [1.165, 1.54) is 4.31 Å². The Morgan fingerprint density at radius 3 is 2.33 bits per heavy atom. The summed E-state index contributed by atoms with van der Waals surface area (Å²) in [5.41, 5.74) is 0.530. The lowest BCUT2D eigenvalue weighted by Gasteiger charge is -2.52. The van der Waals surface area contributed by atoms with E-state index in [1.54, 1.807) is 36.9 Å². The first-order chi connectivity index (χ1) is 18.9. The molecule has 0 aliphatic carbocycles. The van der Waals surface area contributed by atoms with Gasteiger partial charge in [-0.05, 0) is 54.7 Å². The molecule has 2 aromatic carbocycles. The number of hydrogen-bond acceptors (Lipinski definition) is 4. The maximum Gasteiger partial charge on any atom is 0.304 e. The van der Waals surface area contributed by atoms with Crippen molar-refractivity contribution in [3.8, 4) is 0 Å². The molecule has 1 heterocycles. The van der Waals surface area contributed by atoms with Crippen LogP contribution >= 0.6 is 23.2 Å². The summed E-state index contributed by atoms with van der Waals surface area (Å²) in [6.45, 7) is 7.78. The van der Waals surface area contributed by atoms with Crippen molar-refractivity contribution in [3.63, 3.8) is 0 Å². The van der Waals surface area contributed by atoms with E-state index in [-0.39, 0.29) is 37.1 Å². The van der Waals surface area contributed by atoms with Crippen molar-refractivity contribution in [2.45, 2.75) is 77.8 Å². The number of halogens is 2. The summed E-state index contributed by atoms with van der Waals surface area (Å²) in [5.74, 6) is -1.59. The number of unbranched alkanes of at least 4 members (excludes halogenated alkanes) is 1. The molecular weight excluding hydrogens is 571 g/mol. The van der Waals surface area contributed by atoms with Crippen LogP contribution in [0.2, 0.25) is 10.0 Å². The Morgan fingerprint density at radius 1 is 1.10 bits per heavy atom. The van der Waals surface area contributed by atoms with Gasteiger partial charge in [-0.25, -0.2) is 12.7 Å². The van der Waals surface area contributed by atoms with Gasteiger partial charge < -0.3 is 10.0 Å². The highest BCUT2D eigenvalue weighted by Gasteiger charge is 2.52. The van der Waals surface area contributed by atoms with E-state index in [0.29, 0.717) is 29.3 Å². The normalized spacial score (nSPS) is 22.5. The van der Waals surface area contributed by atoms with Crippen LogP contribution in [-0.4, -0.2) is 59.5 Å². The lowest BCUT2D eigenvalue weighted by Crippen LogP contribution is -2.58. The third kappa shape index (κ3) is 7.38. The monoisotopic (exact) mass is 610 g/mol. The fraction of sp³-hybridized carbons (Fsp3) is 0.533. The second kappa shape index (κ2) is 13.7. The number of carboxylic acid groups (broad SMARTS) is 1. The summed E-state index contributed by atoms with van der Waals surface area (Å²) in [7, 11) is -3.54. The minimum Gasteiger partial charge on any atom is -0.481 e. The highest BCUT2D eigenvalue weighted by molar-refractivity contribution is 7.89. The standard InChI is InChI=1S/C30H40Cl2N2O5S/c1-5-8-16-40(38,39)33(7-3)20-25(6-2)34-28(21-12-14-23(31)15-13-21)26(22-10-9-11-24(32)17-22)18-30(4,29(34)37)19-27(35)36/h9-15,17,25-26,28H,5-8,16,18-20H2,1-4H3,(H,35,36). The number of carbonyl (C=O) groups is 2. The molecule has 40 heavy (non-hydrogen) atoms. The number of amides is 1. The van der Waals surface area contributed by atoms with E-state index in [1.807, 2.05) is 44.2 Å². The first kappa shape index (κ1) is 32.4. The lowest BCUT2D eigenvalue weighted by atomic mass is 9.67. The zero-order valence-corrected chi connectivity index (χ0v) is 26.0. The van der Waals surface area contributed by atoms with Gasteiger partial charge in [0, 0.05) is 35.1 Å². The molecule has 0 aromatic heterocycles. The molecule has 1 N–H and O–H groups in total. The van der Waals surface area contributed by atoms with Gasteiger partial charge in [0.2, 0.25) is 15.9 Å². The molecule has 0 spiro atoms. The molecule has 0 bridgehead atoms. The zero-order chi connectivity index (χ0) is 29.7. The van der Waals surface area contributed by atoms with Crippen molar-refractivity contribution in [1.29, 1.82) is 0 Å². The highest BCUT2D eigenvalue weighted by Crippen LogP contribution is 2.52. The summed E-state index contributed by atoms with van der Waals surface area (Å²) in [6, 6.07) is 13.8. The predicted octanol–water partition coefficient (Wildman–Crippen LogP) is 6.76. The molecule has 10 heteroatoms. The third-order valence-electron chi connectivity index (χ3n) is 7.91. The molecule has 1 aliphatic rings. The van der Waals surface area contributed by atoms with Crippen molar-refractivity contribution in [2.75, 3.05) is 18.8 Å². The van der Waals surface area contributed by atoms with E-state index < -0.39 is 33.5 Å². The number of rotatable bonds is 13. The Balaban J connectivity index is 2.21. The summed E-state index contributed by atoms with van der Waals surface area (Å²) in [4.78, 5) is 28.2. The summed E-state index contributed by atoms with van der Waals surface area (Å²) in [6.07, 6.45) is 1.76. The second-order valence-electron chi connectivity index (χ2n) is 10.9. The van der Waals surface area contributed by atoms with Crippen molar-refractivity contribution < 1.29 is 23.1 Å². The molecule has 1 saturated heterocycles. The van der Waals surface area contributed by atoms with Crippen LogP contribution in [0.15, 0.2) is 48.5 Å². The largest absolute Gasteiger partial charge is 0.481 e. The number of carbonyl (C=O) groups excluding carboxylic acids is 1. The first-order valence-corrected chi connectivity index (χ1v) is 16.3. The van der Waals surface area contributed by atoms with Gasteiger partial charge in [0.1, 0.15) is 0 Å². The Labute approximate surface area is 248 Å². The molecule has 3 rings (SSSR count). The number of hydrogen-bond donors (Lipinski definition) is 1. The van der Waals surface area contributed by atoms with Gasteiger partial charge in [0.05, 0.1) is 23.6 Å². The van der Waals surface area contributed by atoms with E-state index in [2.05, 4.69) is 0 Å². The van der Waals surface area contributed by atoms with Gasteiger partial charge in [-0.15, -0.1) is 0 Å². The molecule has 1 amide bonds. The minimum atomic E-state index is -3.54. The maximum absolute atomic E-state index is 14.4. The molecule has 4 atom stereocenters. The number of sulfonamides is 1. The van der Waals surface area contributed by atoms with E-state index in [4.69, 9.17) is 23.2 Å². The van der Waals surface area contributed by atoms with Crippen molar-refractivity contribution in [3.05, 3.63) is 69.7 Å². The number of nitrogens with zero attached hydrogens (tertiary/aromatic N) is 2. The van der Waals surface area contributed by atoms with Gasteiger partial charge in [-0.2, -0.15) is 0 Å². The van der Waals surface area contributed by atoms with Crippen LogP contribution in [0.5, 0.6) is 0 Å². The number of benzene rings is 2. The Bertz CT molecular complexity index is 1290. The average Bonchev–Trinajstić information content (AvgIpc) is 2.90. The molecule has 7 nitrogen and oxygen atoms in total. The molecular formula is C30H40Cl2N2O5S. The van der Waals surface area contributed by atoms with Crippen molar-refractivity contribution in [2.24, 2.45) is 5.41 Å². The smallest absolute Gasteiger partial charge is 0.304 e. The second-order valence-corrected chi connectivity index (χ2v) is 13.8. The molecule has 0 saturated carbocycles. The van der Waals surface area contributed by atoms with Crippen LogP contribution in [-0.2, 0) is 19.6 Å². The van der Waals surface area contributed by atoms with Crippen LogP contribution in [0.4, 0.5) is 0 Å². The summed E-state index contributed by atoms with van der Waals surface area (Å²) >= 11 is 12.6. The Hall–Kier alpha value is -2.13. The predicted molar refractivity (Wildman–Crippen MR) is 160 cm³/mol. The number of aliphatic carboxylic acids is 1. The molecule has 0 radical (unpaired) electrons. The average molecular weight is 612 g/mol. The fourth-order valence-corrected chi connectivity index (χ4v) is 7.85. The molecule has 2 aromatic rings. The summed E-state index contributed by atoms with van der Waals surface area (Å²) < 4.78 is 27.9. The van der Waals surface area contributed by atoms with Crippen LogP contribution < -0.4 is 0 Å². The van der Waals surface area contributed by atoms with Crippen molar-refractivity contribution >= 4 is 45.1 Å². The molecule has 1 fully saturated rings. The van der Waals surface area contributed by atoms with Crippen LogP contribution in [0, 0.1) is 5.41 Å². The van der Waals surface area contributed by atoms with Gasteiger partial charge in [-0.1, -0.05) is 81.6 Å². The van der Waals surface area contributed by atoms with Crippen molar-refractivity contribution in [1.82, 2.24) is 9.21 Å². The van der Waals surface area contributed by atoms with Gasteiger partial charge in [0.15, 0.2) is 0 Å².